The molecule has 158 valence electrons. The minimum atomic E-state index is -0.220. The van der Waals surface area contributed by atoms with Gasteiger partial charge in [-0.3, -0.25) is 14.5 Å². The van der Waals surface area contributed by atoms with Crippen molar-refractivity contribution < 1.29 is 19.1 Å². The fourth-order valence-corrected chi connectivity index (χ4v) is 4.83. The lowest BCUT2D eigenvalue weighted by molar-refractivity contribution is -0.123. The Kier molecular flexibility index (Phi) is 7.52. The molecule has 0 radical (unpaired) electrons. The molecule has 0 bridgehead atoms. The fraction of sp³-hybridized carbons (Fsp3) is 0.545. The molecule has 5 nitrogen and oxygen atoms in total. The van der Waals surface area contributed by atoms with Gasteiger partial charge in [-0.05, 0) is 75.1 Å². The number of thioether (sulfide) groups is 1. The van der Waals surface area contributed by atoms with Crippen LogP contribution in [0.15, 0.2) is 17.0 Å². The van der Waals surface area contributed by atoms with Crippen molar-refractivity contribution >= 4 is 40.6 Å². The molecule has 1 aliphatic heterocycles. The average molecular weight is 438 g/mol. The molecule has 2 fully saturated rings. The van der Waals surface area contributed by atoms with Gasteiger partial charge in [0, 0.05) is 6.54 Å². The number of nitrogens with zero attached hydrogens (tertiary/aromatic N) is 1. The van der Waals surface area contributed by atoms with Gasteiger partial charge in [0.05, 0.1) is 22.6 Å². The largest absolute Gasteiger partial charge is 0.490 e. The number of imide groups is 1. The molecule has 2 amide bonds. The Morgan fingerprint density at radius 2 is 1.97 bits per heavy atom. The van der Waals surface area contributed by atoms with Crippen LogP contribution in [-0.2, 0) is 4.79 Å². The number of carbonyl (C=O) groups is 2. The molecule has 0 N–H and O–H groups in total. The summed E-state index contributed by atoms with van der Waals surface area (Å²) in [6, 6.07) is 3.53. The number of halogens is 1. The van der Waals surface area contributed by atoms with Crippen molar-refractivity contribution in [1.29, 1.82) is 0 Å². The van der Waals surface area contributed by atoms with Crippen LogP contribution in [-0.4, -0.2) is 35.3 Å². The zero-order valence-electron chi connectivity index (χ0n) is 17.2. The monoisotopic (exact) mass is 437 g/mol. The van der Waals surface area contributed by atoms with E-state index in [1.54, 1.807) is 18.2 Å². The maximum atomic E-state index is 12.8. The minimum Gasteiger partial charge on any atom is -0.490 e. The SMILES string of the molecule is CCOc1cc(/C=C2/SC(=O)N(CC3CCCCC3)C2=O)cc(Cl)c1OC(C)C. The van der Waals surface area contributed by atoms with Crippen molar-refractivity contribution in [2.24, 2.45) is 5.92 Å². The fourth-order valence-electron chi connectivity index (χ4n) is 3.72. The maximum Gasteiger partial charge on any atom is 0.293 e. The van der Waals surface area contributed by atoms with Crippen LogP contribution in [0.1, 0.15) is 58.4 Å². The predicted molar refractivity (Wildman–Crippen MR) is 118 cm³/mol. The second-order valence-electron chi connectivity index (χ2n) is 7.73. The zero-order valence-corrected chi connectivity index (χ0v) is 18.8. The van der Waals surface area contributed by atoms with Gasteiger partial charge in [-0.25, -0.2) is 0 Å². The Hall–Kier alpha value is -1.66. The molecular formula is C22H28ClNO4S. The summed E-state index contributed by atoms with van der Waals surface area (Å²) in [4.78, 5) is 27.1. The number of carbonyl (C=O) groups excluding carboxylic acids is 2. The topological polar surface area (TPSA) is 55.8 Å². The number of hydrogen-bond acceptors (Lipinski definition) is 5. The van der Waals surface area contributed by atoms with Crippen LogP contribution in [0.5, 0.6) is 11.5 Å². The molecule has 7 heteroatoms. The van der Waals surface area contributed by atoms with E-state index in [1.807, 2.05) is 20.8 Å². The second kappa shape index (κ2) is 9.90. The lowest BCUT2D eigenvalue weighted by atomic mass is 9.89. The van der Waals surface area contributed by atoms with Gasteiger partial charge in [-0.1, -0.05) is 30.9 Å². The highest BCUT2D eigenvalue weighted by molar-refractivity contribution is 8.18. The van der Waals surface area contributed by atoms with Crippen molar-refractivity contribution in [3.8, 4) is 11.5 Å². The second-order valence-corrected chi connectivity index (χ2v) is 9.13. The highest BCUT2D eigenvalue weighted by atomic mass is 35.5. The number of ether oxygens (including phenoxy) is 2. The minimum absolute atomic E-state index is 0.0474. The summed E-state index contributed by atoms with van der Waals surface area (Å²) < 4.78 is 11.5. The van der Waals surface area contributed by atoms with E-state index < -0.39 is 0 Å². The molecule has 1 aromatic rings. The normalized spacial score (nSPS) is 19.5. The Labute approximate surface area is 181 Å². The Morgan fingerprint density at radius 3 is 2.62 bits per heavy atom. The van der Waals surface area contributed by atoms with Crippen LogP contribution in [0.2, 0.25) is 5.02 Å². The molecule has 1 saturated heterocycles. The summed E-state index contributed by atoms with van der Waals surface area (Å²) in [6.07, 6.45) is 7.45. The van der Waals surface area contributed by atoms with E-state index in [1.165, 1.54) is 24.2 Å². The average Bonchev–Trinajstić information content (AvgIpc) is 2.93. The lowest BCUT2D eigenvalue weighted by Gasteiger charge is -2.25. The first-order valence-corrected chi connectivity index (χ1v) is 11.5. The van der Waals surface area contributed by atoms with E-state index in [-0.39, 0.29) is 17.3 Å². The zero-order chi connectivity index (χ0) is 21.0. The van der Waals surface area contributed by atoms with E-state index in [4.69, 9.17) is 21.1 Å². The molecular weight excluding hydrogens is 410 g/mol. The summed E-state index contributed by atoms with van der Waals surface area (Å²) >= 11 is 7.41. The van der Waals surface area contributed by atoms with Crippen LogP contribution < -0.4 is 9.47 Å². The quantitative estimate of drug-likeness (QED) is 0.479. The van der Waals surface area contributed by atoms with Crippen molar-refractivity contribution in [2.45, 2.75) is 59.0 Å². The van der Waals surface area contributed by atoms with Gasteiger partial charge in [-0.2, -0.15) is 0 Å². The van der Waals surface area contributed by atoms with Gasteiger partial charge in [-0.15, -0.1) is 0 Å². The van der Waals surface area contributed by atoms with Crippen LogP contribution in [0, 0.1) is 5.92 Å². The van der Waals surface area contributed by atoms with Gasteiger partial charge in [0.15, 0.2) is 11.5 Å². The third-order valence-corrected chi connectivity index (χ3v) is 6.21. The highest BCUT2D eigenvalue weighted by Gasteiger charge is 2.36. The van der Waals surface area contributed by atoms with Crippen LogP contribution in [0.25, 0.3) is 6.08 Å². The van der Waals surface area contributed by atoms with Gasteiger partial charge in [0.25, 0.3) is 11.1 Å². The van der Waals surface area contributed by atoms with E-state index in [0.29, 0.717) is 46.1 Å². The molecule has 0 aromatic heterocycles. The van der Waals surface area contributed by atoms with E-state index in [0.717, 1.165) is 24.6 Å². The number of benzene rings is 1. The summed E-state index contributed by atoms with van der Waals surface area (Å²) in [7, 11) is 0. The molecule has 2 aliphatic rings. The first-order chi connectivity index (χ1) is 13.9. The van der Waals surface area contributed by atoms with Crippen LogP contribution in [0.3, 0.4) is 0 Å². The standard InChI is InChI=1S/C22H28ClNO4S/c1-4-27-18-11-16(10-17(23)20(18)28-14(2)3)12-19-21(25)24(22(26)29-19)13-15-8-6-5-7-9-15/h10-12,14-15H,4-9,13H2,1-3H3/b19-12+. The van der Waals surface area contributed by atoms with Crippen molar-refractivity contribution in [3.63, 3.8) is 0 Å². The molecule has 1 saturated carbocycles. The van der Waals surface area contributed by atoms with Crippen molar-refractivity contribution in [1.82, 2.24) is 4.90 Å². The molecule has 29 heavy (non-hydrogen) atoms. The summed E-state index contributed by atoms with van der Waals surface area (Å²) in [6.45, 7) is 6.71. The molecule has 1 aliphatic carbocycles. The molecule has 1 aromatic carbocycles. The Bertz CT molecular complexity index is 802. The molecule has 0 unspecified atom stereocenters. The molecule has 0 spiro atoms. The van der Waals surface area contributed by atoms with E-state index in [2.05, 4.69) is 0 Å². The summed E-state index contributed by atoms with van der Waals surface area (Å²) in [5.41, 5.74) is 0.706. The first-order valence-electron chi connectivity index (χ1n) is 10.3. The number of rotatable bonds is 7. The highest BCUT2D eigenvalue weighted by Crippen LogP contribution is 2.40. The predicted octanol–water partition coefficient (Wildman–Crippen LogP) is 6.14. The smallest absolute Gasteiger partial charge is 0.293 e. The van der Waals surface area contributed by atoms with Gasteiger partial charge in [0.1, 0.15) is 0 Å². The van der Waals surface area contributed by atoms with E-state index in [9.17, 15) is 9.59 Å². The van der Waals surface area contributed by atoms with Crippen molar-refractivity contribution in [2.75, 3.05) is 13.2 Å². The van der Waals surface area contributed by atoms with Crippen LogP contribution >= 0.6 is 23.4 Å². The Morgan fingerprint density at radius 1 is 1.24 bits per heavy atom. The number of amides is 2. The lowest BCUT2D eigenvalue weighted by Crippen LogP contribution is -2.34. The first kappa shape index (κ1) is 22.0. The molecule has 3 rings (SSSR count). The molecule has 0 atom stereocenters. The summed E-state index contributed by atoms with van der Waals surface area (Å²) in [5, 5.41) is 0.222. The van der Waals surface area contributed by atoms with Crippen molar-refractivity contribution in [3.05, 3.63) is 27.6 Å². The maximum absolute atomic E-state index is 12.8. The third-order valence-electron chi connectivity index (χ3n) is 5.02. The van der Waals surface area contributed by atoms with Gasteiger partial charge >= 0.3 is 0 Å². The van der Waals surface area contributed by atoms with E-state index >= 15 is 0 Å². The Balaban J connectivity index is 1.81. The third kappa shape index (κ3) is 5.48. The van der Waals surface area contributed by atoms with Gasteiger partial charge < -0.3 is 9.47 Å². The van der Waals surface area contributed by atoms with Crippen LogP contribution in [0.4, 0.5) is 4.79 Å². The molecule has 1 heterocycles. The summed E-state index contributed by atoms with van der Waals surface area (Å²) in [5.74, 6) is 1.22. The van der Waals surface area contributed by atoms with Gasteiger partial charge in [0.2, 0.25) is 0 Å². The number of hydrogen-bond donors (Lipinski definition) is 0.